The average Bonchev–Trinajstić information content (AvgIpc) is 3.09. The lowest BCUT2D eigenvalue weighted by molar-refractivity contribution is -0.136. The number of unbranched alkanes of at least 4 members (excludes halogenated alkanes) is 1. The second-order valence-electron chi connectivity index (χ2n) is 9.31. The number of fused-ring (bicyclic) bond motifs is 1. The van der Waals surface area contributed by atoms with Gasteiger partial charge in [-0.15, -0.1) is 0 Å². The number of hydrogen-bond donors (Lipinski definition) is 2. The molecule has 1 aromatic rings. The zero-order valence-corrected chi connectivity index (χ0v) is 20.0. The highest BCUT2D eigenvalue weighted by atomic mass is 16.5. The molecule has 35 heavy (non-hydrogen) atoms. The monoisotopic (exact) mass is 484 g/mol. The summed E-state index contributed by atoms with van der Waals surface area (Å²) in [4.78, 5) is 64.4. The Hall–Kier alpha value is -3.43. The number of hydrogen-bond acceptors (Lipinski definition) is 7. The van der Waals surface area contributed by atoms with Crippen LogP contribution in [0.3, 0.4) is 0 Å². The number of anilines is 1. The molecule has 10 heteroatoms. The molecular weight excluding hydrogens is 452 g/mol. The van der Waals surface area contributed by atoms with E-state index in [1.165, 1.54) is 0 Å². The van der Waals surface area contributed by atoms with Crippen LogP contribution in [0, 0.1) is 5.92 Å². The number of ether oxygens (including phenoxy) is 1. The van der Waals surface area contributed by atoms with Crippen LogP contribution in [0.5, 0.6) is 0 Å². The second kappa shape index (κ2) is 10.9. The van der Waals surface area contributed by atoms with Crippen molar-refractivity contribution in [2.75, 3.05) is 31.1 Å². The predicted octanol–water partition coefficient (Wildman–Crippen LogP) is 2.22. The van der Waals surface area contributed by atoms with Gasteiger partial charge >= 0.3 is 6.09 Å². The third-order valence-electron chi connectivity index (χ3n) is 6.96. The van der Waals surface area contributed by atoms with Gasteiger partial charge in [-0.05, 0) is 56.2 Å². The summed E-state index contributed by atoms with van der Waals surface area (Å²) in [5.74, 6) is -1.50. The molecule has 0 spiro atoms. The van der Waals surface area contributed by atoms with Crippen molar-refractivity contribution >= 4 is 35.4 Å². The second-order valence-corrected chi connectivity index (χ2v) is 9.31. The van der Waals surface area contributed by atoms with E-state index in [0.29, 0.717) is 24.6 Å². The van der Waals surface area contributed by atoms with E-state index in [0.717, 1.165) is 55.8 Å². The van der Waals surface area contributed by atoms with E-state index < -0.39 is 29.7 Å². The molecule has 0 bridgehead atoms. The molecule has 4 rings (SSSR count). The minimum absolute atomic E-state index is 0.0968. The highest BCUT2D eigenvalue weighted by Crippen LogP contribution is 2.32. The number of rotatable bonds is 8. The first-order chi connectivity index (χ1) is 16.9. The van der Waals surface area contributed by atoms with Crippen molar-refractivity contribution in [2.24, 2.45) is 5.92 Å². The summed E-state index contributed by atoms with van der Waals surface area (Å²) in [6, 6.07) is 4.26. The Morgan fingerprint density at radius 1 is 1.09 bits per heavy atom. The molecular formula is C25H32N4O6. The Morgan fingerprint density at radius 3 is 2.54 bits per heavy atom. The normalized spacial score (nSPS) is 20.7. The molecule has 188 valence electrons. The van der Waals surface area contributed by atoms with E-state index in [1.807, 2.05) is 13.0 Å². The summed E-state index contributed by atoms with van der Waals surface area (Å²) in [5, 5.41) is 5.02. The lowest BCUT2D eigenvalue weighted by atomic mass is 9.93. The molecule has 1 atom stereocenters. The van der Waals surface area contributed by atoms with Crippen LogP contribution in [0.15, 0.2) is 18.2 Å². The standard InChI is InChI=1S/C25H32N4O6/c1-2-3-14-35-25(34)26-11-8-16-9-12-28(13-10-16)17-4-5-18-19(15-17)24(33)29(23(18)32)20-6-7-21(30)27-22(20)31/h4-5,15-16,20H,2-3,6-14H2,1H3,(H,26,34)(H,27,30,31). The molecule has 5 amide bonds. The first-order valence-corrected chi connectivity index (χ1v) is 12.4. The van der Waals surface area contributed by atoms with Gasteiger partial charge in [-0.25, -0.2) is 4.79 Å². The van der Waals surface area contributed by atoms with E-state index in [1.54, 1.807) is 12.1 Å². The Morgan fingerprint density at radius 2 is 1.83 bits per heavy atom. The smallest absolute Gasteiger partial charge is 0.407 e. The molecule has 0 aromatic heterocycles. The number of piperidine rings is 2. The summed E-state index contributed by atoms with van der Waals surface area (Å²) in [6.07, 6.45) is 4.52. The number of imide groups is 2. The third-order valence-corrected chi connectivity index (χ3v) is 6.96. The van der Waals surface area contributed by atoms with Gasteiger partial charge < -0.3 is 15.0 Å². The summed E-state index contributed by atoms with van der Waals surface area (Å²) >= 11 is 0. The minimum Gasteiger partial charge on any atom is -0.450 e. The van der Waals surface area contributed by atoms with E-state index in [-0.39, 0.29) is 24.5 Å². The molecule has 1 unspecified atom stereocenters. The maximum Gasteiger partial charge on any atom is 0.407 e. The number of carbonyl (C=O) groups is 5. The van der Waals surface area contributed by atoms with Crippen molar-refractivity contribution in [3.05, 3.63) is 29.3 Å². The van der Waals surface area contributed by atoms with Gasteiger partial charge in [-0.3, -0.25) is 29.4 Å². The van der Waals surface area contributed by atoms with Crippen molar-refractivity contribution < 1.29 is 28.7 Å². The van der Waals surface area contributed by atoms with Crippen LogP contribution in [0.4, 0.5) is 10.5 Å². The van der Waals surface area contributed by atoms with Crippen molar-refractivity contribution in [3.63, 3.8) is 0 Å². The molecule has 0 aliphatic carbocycles. The molecule has 10 nitrogen and oxygen atoms in total. The highest BCUT2D eigenvalue weighted by molar-refractivity contribution is 6.23. The van der Waals surface area contributed by atoms with Gasteiger partial charge in [0.2, 0.25) is 11.8 Å². The van der Waals surface area contributed by atoms with E-state index in [9.17, 15) is 24.0 Å². The van der Waals surface area contributed by atoms with Crippen LogP contribution in [0.2, 0.25) is 0 Å². The molecule has 2 N–H and O–H groups in total. The summed E-state index contributed by atoms with van der Waals surface area (Å²) in [5.41, 5.74) is 1.45. The van der Waals surface area contributed by atoms with Crippen molar-refractivity contribution in [1.82, 2.24) is 15.5 Å². The Balaban J connectivity index is 1.30. The van der Waals surface area contributed by atoms with Gasteiger partial charge in [0, 0.05) is 31.7 Å². The van der Waals surface area contributed by atoms with Crippen LogP contribution in [0.25, 0.3) is 0 Å². The average molecular weight is 485 g/mol. The van der Waals surface area contributed by atoms with Gasteiger partial charge in [0.25, 0.3) is 11.8 Å². The maximum absolute atomic E-state index is 13.1. The lowest BCUT2D eigenvalue weighted by Gasteiger charge is -2.33. The molecule has 3 aliphatic heterocycles. The van der Waals surface area contributed by atoms with Crippen molar-refractivity contribution in [1.29, 1.82) is 0 Å². The number of carbonyl (C=O) groups excluding carboxylic acids is 5. The maximum atomic E-state index is 13.1. The topological polar surface area (TPSA) is 125 Å². The number of benzene rings is 1. The zero-order valence-electron chi connectivity index (χ0n) is 20.0. The number of nitrogens with zero attached hydrogens (tertiary/aromatic N) is 2. The molecule has 2 fully saturated rings. The Labute approximate surface area is 204 Å². The summed E-state index contributed by atoms with van der Waals surface area (Å²) in [7, 11) is 0. The fraction of sp³-hybridized carbons (Fsp3) is 0.560. The van der Waals surface area contributed by atoms with Gasteiger partial charge in [-0.2, -0.15) is 0 Å². The lowest BCUT2D eigenvalue weighted by Crippen LogP contribution is -2.54. The van der Waals surface area contributed by atoms with Crippen LogP contribution >= 0.6 is 0 Å². The number of nitrogens with one attached hydrogen (secondary N) is 2. The van der Waals surface area contributed by atoms with Gasteiger partial charge in [0.15, 0.2) is 0 Å². The molecule has 3 heterocycles. The Kier molecular flexibility index (Phi) is 7.67. The fourth-order valence-electron chi connectivity index (χ4n) is 4.87. The predicted molar refractivity (Wildman–Crippen MR) is 127 cm³/mol. The largest absolute Gasteiger partial charge is 0.450 e. The first-order valence-electron chi connectivity index (χ1n) is 12.4. The van der Waals surface area contributed by atoms with E-state index in [2.05, 4.69) is 15.5 Å². The Bertz CT molecular complexity index is 1020. The molecule has 0 radical (unpaired) electrons. The molecule has 3 aliphatic rings. The number of alkyl carbamates (subject to hydrolysis) is 1. The highest BCUT2D eigenvalue weighted by Gasteiger charge is 2.44. The van der Waals surface area contributed by atoms with Crippen molar-refractivity contribution in [2.45, 2.75) is 57.9 Å². The van der Waals surface area contributed by atoms with Crippen LogP contribution in [0.1, 0.15) is 72.6 Å². The quantitative estimate of drug-likeness (QED) is 0.428. The van der Waals surface area contributed by atoms with E-state index >= 15 is 0 Å². The zero-order chi connectivity index (χ0) is 24.9. The van der Waals surface area contributed by atoms with Crippen LogP contribution in [-0.2, 0) is 14.3 Å². The molecule has 2 saturated heterocycles. The van der Waals surface area contributed by atoms with Gasteiger partial charge in [-0.1, -0.05) is 13.3 Å². The fourth-order valence-corrected chi connectivity index (χ4v) is 4.87. The molecule has 1 aromatic carbocycles. The SMILES string of the molecule is CCCCOC(=O)NCCC1CCN(c2ccc3c(c2)C(=O)N(C2CCC(=O)NC2=O)C3=O)CC1. The minimum atomic E-state index is -0.961. The third kappa shape index (κ3) is 5.47. The van der Waals surface area contributed by atoms with Crippen LogP contribution < -0.4 is 15.5 Å². The van der Waals surface area contributed by atoms with Crippen molar-refractivity contribution in [3.8, 4) is 0 Å². The summed E-state index contributed by atoms with van der Waals surface area (Å²) < 4.78 is 5.11. The van der Waals surface area contributed by atoms with Gasteiger partial charge in [0.05, 0.1) is 17.7 Å². The number of amides is 5. The molecule has 0 saturated carbocycles. The summed E-state index contributed by atoms with van der Waals surface area (Å²) in [6.45, 7) is 4.69. The first kappa shape index (κ1) is 24.7. The van der Waals surface area contributed by atoms with Gasteiger partial charge in [0.1, 0.15) is 6.04 Å². The van der Waals surface area contributed by atoms with E-state index in [4.69, 9.17) is 4.74 Å². The van der Waals surface area contributed by atoms with Crippen LogP contribution in [-0.4, -0.2) is 66.9 Å².